The van der Waals surface area contributed by atoms with Gasteiger partial charge in [0.15, 0.2) is 0 Å². The SMILES string of the molecule is CCc1ccccc1NC(=O)CCNCCCc1ccccc1. The number of aryl methyl sites for hydroxylation is 2. The Balaban J connectivity index is 1.60. The van der Waals surface area contributed by atoms with E-state index in [0.717, 1.165) is 38.0 Å². The van der Waals surface area contributed by atoms with Gasteiger partial charge in [-0.2, -0.15) is 0 Å². The lowest BCUT2D eigenvalue weighted by Crippen LogP contribution is -2.23. The molecular weight excluding hydrogens is 284 g/mol. The number of hydrogen-bond acceptors (Lipinski definition) is 2. The van der Waals surface area contributed by atoms with E-state index in [2.05, 4.69) is 47.9 Å². The number of amides is 1. The zero-order valence-electron chi connectivity index (χ0n) is 13.8. The van der Waals surface area contributed by atoms with Gasteiger partial charge in [0, 0.05) is 18.7 Å². The Morgan fingerprint density at radius 1 is 0.957 bits per heavy atom. The largest absolute Gasteiger partial charge is 0.326 e. The minimum absolute atomic E-state index is 0.0708. The normalized spacial score (nSPS) is 10.5. The van der Waals surface area contributed by atoms with Crippen molar-refractivity contribution in [3.05, 3.63) is 65.7 Å². The van der Waals surface area contributed by atoms with Crippen LogP contribution >= 0.6 is 0 Å². The summed E-state index contributed by atoms with van der Waals surface area (Å²) in [6.45, 7) is 3.75. The second kappa shape index (κ2) is 9.80. The van der Waals surface area contributed by atoms with Crippen LogP contribution in [-0.4, -0.2) is 19.0 Å². The maximum Gasteiger partial charge on any atom is 0.225 e. The lowest BCUT2D eigenvalue weighted by molar-refractivity contribution is -0.116. The quantitative estimate of drug-likeness (QED) is 0.692. The van der Waals surface area contributed by atoms with Crippen molar-refractivity contribution >= 4 is 11.6 Å². The van der Waals surface area contributed by atoms with Gasteiger partial charge in [0.2, 0.25) is 5.91 Å². The van der Waals surface area contributed by atoms with Crippen LogP contribution in [0.4, 0.5) is 5.69 Å². The van der Waals surface area contributed by atoms with Crippen LogP contribution < -0.4 is 10.6 Å². The Hall–Kier alpha value is -2.13. The van der Waals surface area contributed by atoms with E-state index in [4.69, 9.17) is 0 Å². The summed E-state index contributed by atoms with van der Waals surface area (Å²) in [4.78, 5) is 12.0. The molecule has 23 heavy (non-hydrogen) atoms. The van der Waals surface area contributed by atoms with Crippen molar-refractivity contribution in [2.24, 2.45) is 0 Å². The molecular formula is C20H26N2O. The standard InChI is InChI=1S/C20H26N2O/c1-2-18-12-6-7-13-19(18)22-20(23)14-16-21-15-8-11-17-9-4-3-5-10-17/h3-7,9-10,12-13,21H,2,8,11,14-16H2,1H3,(H,22,23). The molecule has 3 nitrogen and oxygen atoms in total. The number of nitrogens with one attached hydrogen (secondary N) is 2. The minimum Gasteiger partial charge on any atom is -0.326 e. The van der Waals surface area contributed by atoms with Gasteiger partial charge in [-0.25, -0.2) is 0 Å². The van der Waals surface area contributed by atoms with Crippen molar-refractivity contribution in [2.45, 2.75) is 32.6 Å². The molecule has 0 aromatic heterocycles. The molecule has 0 atom stereocenters. The number of hydrogen-bond donors (Lipinski definition) is 2. The first kappa shape index (κ1) is 17.2. The van der Waals surface area contributed by atoms with E-state index >= 15 is 0 Å². The smallest absolute Gasteiger partial charge is 0.225 e. The second-order valence-electron chi connectivity index (χ2n) is 5.65. The maximum absolute atomic E-state index is 12.0. The van der Waals surface area contributed by atoms with E-state index in [9.17, 15) is 4.79 Å². The fraction of sp³-hybridized carbons (Fsp3) is 0.350. The third kappa shape index (κ3) is 6.25. The highest BCUT2D eigenvalue weighted by atomic mass is 16.1. The summed E-state index contributed by atoms with van der Waals surface area (Å²) in [6.07, 6.45) is 3.59. The molecule has 0 fully saturated rings. The van der Waals surface area contributed by atoms with Crippen LogP contribution in [0, 0.1) is 0 Å². The molecule has 0 unspecified atom stereocenters. The first-order valence-electron chi connectivity index (χ1n) is 8.42. The Morgan fingerprint density at radius 2 is 1.70 bits per heavy atom. The summed E-state index contributed by atoms with van der Waals surface area (Å²) in [5.74, 6) is 0.0708. The van der Waals surface area contributed by atoms with Crippen LogP contribution in [0.5, 0.6) is 0 Å². The van der Waals surface area contributed by atoms with Crippen molar-refractivity contribution < 1.29 is 4.79 Å². The molecule has 2 rings (SSSR count). The lowest BCUT2D eigenvalue weighted by Gasteiger charge is -2.10. The maximum atomic E-state index is 12.0. The Labute approximate surface area is 139 Å². The van der Waals surface area contributed by atoms with Gasteiger partial charge in [-0.1, -0.05) is 55.5 Å². The molecule has 0 spiro atoms. The fourth-order valence-electron chi connectivity index (χ4n) is 2.55. The number of anilines is 1. The summed E-state index contributed by atoms with van der Waals surface area (Å²) in [5.41, 5.74) is 3.48. The van der Waals surface area contributed by atoms with Crippen molar-refractivity contribution in [3.8, 4) is 0 Å². The fourth-order valence-corrected chi connectivity index (χ4v) is 2.55. The average molecular weight is 310 g/mol. The Kier molecular flexibility index (Phi) is 7.34. The van der Waals surface area contributed by atoms with Gasteiger partial charge in [0.1, 0.15) is 0 Å². The molecule has 0 heterocycles. The van der Waals surface area contributed by atoms with Crippen molar-refractivity contribution in [1.82, 2.24) is 5.32 Å². The predicted octanol–water partition coefficient (Wildman–Crippen LogP) is 3.80. The predicted molar refractivity (Wildman–Crippen MR) is 96.7 cm³/mol. The van der Waals surface area contributed by atoms with E-state index in [1.54, 1.807) is 0 Å². The number of carbonyl (C=O) groups is 1. The Morgan fingerprint density at radius 3 is 2.48 bits per heavy atom. The summed E-state index contributed by atoms with van der Waals surface area (Å²) in [5, 5.41) is 6.34. The van der Waals surface area contributed by atoms with Gasteiger partial charge < -0.3 is 10.6 Å². The first-order valence-corrected chi connectivity index (χ1v) is 8.42. The highest BCUT2D eigenvalue weighted by Crippen LogP contribution is 2.15. The topological polar surface area (TPSA) is 41.1 Å². The van der Waals surface area contributed by atoms with E-state index < -0.39 is 0 Å². The summed E-state index contributed by atoms with van der Waals surface area (Å²) >= 11 is 0. The lowest BCUT2D eigenvalue weighted by atomic mass is 10.1. The molecule has 0 aliphatic rings. The molecule has 2 N–H and O–H groups in total. The van der Waals surface area contributed by atoms with Gasteiger partial charge in [-0.15, -0.1) is 0 Å². The van der Waals surface area contributed by atoms with Crippen molar-refractivity contribution in [2.75, 3.05) is 18.4 Å². The van der Waals surface area contributed by atoms with Crippen LogP contribution in [0.2, 0.25) is 0 Å². The average Bonchev–Trinajstić information content (AvgIpc) is 2.59. The summed E-state index contributed by atoms with van der Waals surface area (Å²) in [6, 6.07) is 18.5. The highest BCUT2D eigenvalue weighted by Gasteiger charge is 2.04. The zero-order chi connectivity index (χ0) is 16.3. The zero-order valence-corrected chi connectivity index (χ0v) is 13.8. The number of rotatable bonds is 9. The third-order valence-corrected chi connectivity index (χ3v) is 3.86. The highest BCUT2D eigenvalue weighted by molar-refractivity contribution is 5.91. The number of benzene rings is 2. The van der Waals surface area contributed by atoms with E-state index in [1.165, 1.54) is 11.1 Å². The molecule has 0 saturated carbocycles. The van der Waals surface area contributed by atoms with Crippen LogP contribution in [0.1, 0.15) is 30.9 Å². The number of carbonyl (C=O) groups excluding carboxylic acids is 1. The van der Waals surface area contributed by atoms with Crippen LogP contribution in [-0.2, 0) is 17.6 Å². The molecule has 2 aromatic rings. The molecule has 0 bridgehead atoms. The summed E-state index contributed by atoms with van der Waals surface area (Å²) in [7, 11) is 0. The van der Waals surface area contributed by atoms with E-state index in [-0.39, 0.29) is 5.91 Å². The molecule has 3 heteroatoms. The van der Waals surface area contributed by atoms with Gasteiger partial charge in [-0.05, 0) is 43.0 Å². The summed E-state index contributed by atoms with van der Waals surface area (Å²) < 4.78 is 0. The van der Waals surface area contributed by atoms with Gasteiger partial charge in [-0.3, -0.25) is 4.79 Å². The molecule has 122 valence electrons. The third-order valence-electron chi connectivity index (χ3n) is 3.86. The van der Waals surface area contributed by atoms with Crippen molar-refractivity contribution in [3.63, 3.8) is 0 Å². The second-order valence-corrected chi connectivity index (χ2v) is 5.65. The van der Waals surface area contributed by atoms with Gasteiger partial charge >= 0.3 is 0 Å². The molecule has 2 aromatic carbocycles. The van der Waals surface area contributed by atoms with Crippen molar-refractivity contribution in [1.29, 1.82) is 0 Å². The molecule has 0 saturated heterocycles. The molecule has 0 aliphatic heterocycles. The Bertz CT molecular complexity index is 596. The number of para-hydroxylation sites is 1. The molecule has 0 radical (unpaired) electrons. The van der Waals surface area contributed by atoms with E-state index in [1.807, 2.05) is 24.3 Å². The van der Waals surface area contributed by atoms with E-state index in [0.29, 0.717) is 6.42 Å². The minimum atomic E-state index is 0.0708. The van der Waals surface area contributed by atoms with Crippen LogP contribution in [0.15, 0.2) is 54.6 Å². The van der Waals surface area contributed by atoms with Gasteiger partial charge in [0.25, 0.3) is 0 Å². The van der Waals surface area contributed by atoms with Crippen LogP contribution in [0.3, 0.4) is 0 Å². The first-order chi connectivity index (χ1) is 11.3. The molecule has 0 aliphatic carbocycles. The monoisotopic (exact) mass is 310 g/mol. The molecule has 1 amide bonds. The van der Waals surface area contributed by atoms with Crippen LogP contribution in [0.25, 0.3) is 0 Å². The van der Waals surface area contributed by atoms with Gasteiger partial charge in [0.05, 0.1) is 0 Å².